The third-order valence-electron chi connectivity index (χ3n) is 4.99. The summed E-state index contributed by atoms with van der Waals surface area (Å²) in [6.07, 6.45) is 4.92. The van der Waals surface area contributed by atoms with Gasteiger partial charge in [0.1, 0.15) is 22.9 Å². The van der Waals surface area contributed by atoms with Crippen LogP contribution in [0.5, 0.6) is 11.5 Å². The fraction of sp³-hybridized carbons (Fsp3) is 0.115. The molecular formula is C26H25N5O3. The van der Waals surface area contributed by atoms with E-state index in [1.54, 1.807) is 40.9 Å². The van der Waals surface area contributed by atoms with Crippen molar-refractivity contribution in [3.05, 3.63) is 90.8 Å². The molecule has 2 aromatic heterocycles. The molecule has 2 aromatic carbocycles. The lowest BCUT2D eigenvalue weighted by molar-refractivity contribution is -0.111. The molecule has 0 saturated heterocycles. The smallest absolute Gasteiger partial charge is 0.268 e. The standard InChI is InChI=1S/C26H25N5O3/c1-30(2)16-7-11-22(32)28-21-10-6-17-31-24(25(27)33)23(29-26(21)31)18-12-14-20(15-13-18)34-19-8-4-3-5-9-19/h3-15,17H,16H2,1-2H3,(H2,27,33)(H,28,32)/b11-7+. The van der Waals surface area contributed by atoms with Gasteiger partial charge >= 0.3 is 0 Å². The van der Waals surface area contributed by atoms with Crippen molar-refractivity contribution in [3.8, 4) is 22.8 Å². The number of likely N-dealkylation sites (N-methyl/N-ethyl adjacent to an activating group) is 1. The van der Waals surface area contributed by atoms with Crippen molar-refractivity contribution in [2.24, 2.45) is 5.73 Å². The average Bonchev–Trinajstić information content (AvgIpc) is 3.21. The van der Waals surface area contributed by atoms with Crippen molar-refractivity contribution in [2.75, 3.05) is 26.0 Å². The minimum atomic E-state index is -0.624. The zero-order valence-electron chi connectivity index (χ0n) is 18.9. The number of fused-ring (bicyclic) bond motifs is 1. The maximum Gasteiger partial charge on any atom is 0.268 e. The van der Waals surface area contributed by atoms with Gasteiger partial charge in [-0.2, -0.15) is 0 Å². The Morgan fingerprint density at radius 3 is 2.41 bits per heavy atom. The highest BCUT2D eigenvalue weighted by molar-refractivity contribution is 6.03. The molecule has 0 spiro atoms. The Morgan fingerprint density at radius 1 is 1.03 bits per heavy atom. The van der Waals surface area contributed by atoms with E-state index >= 15 is 0 Å². The van der Waals surface area contributed by atoms with Gasteiger partial charge in [0.05, 0.1) is 5.69 Å². The molecule has 0 radical (unpaired) electrons. The molecule has 0 aliphatic heterocycles. The lowest BCUT2D eigenvalue weighted by atomic mass is 10.1. The van der Waals surface area contributed by atoms with Crippen LogP contribution in [0.4, 0.5) is 5.69 Å². The van der Waals surface area contributed by atoms with Crippen LogP contribution in [0.3, 0.4) is 0 Å². The van der Waals surface area contributed by atoms with Crippen molar-refractivity contribution >= 4 is 23.1 Å². The lowest BCUT2D eigenvalue weighted by Gasteiger charge is -2.06. The summed E-state index contributed by atoms with van der Waals surface area (Å²) in [5.41, 5.74) is 7.95. The number of rotatable bonds is 8. The van der Waals surface area contributed by atoms with E-state index in [0.29, 0.717) is 34.9 Å². The van der Waals surface area contributed by atoms with E-state index < -0.39 is 5.91 Å². The number of para-hydroxylation sites is 1. The van der Waals surface area contributed by atoms with Crippen LogP contribution in [0.2, 0.25) is 0 Å². The van der Waals surface area contributed by atoms with Crippen LogP contribution in [-0.4, -0.2) is 46.7 Å². The molecule has 0 saturated carbocycles. The number of hydrogen-bond acceptors (Lipinski definition) is 5. The number of amides is 2. The van der Waals surface area contributed by atoms with E-state index in [4.69, 9.17) is 10.5 Å². The quantitative estimate of drug-likeness (QED) is 0.392. The van der Waals surface area contributed by atoms with Crippen molar-refractivity contribution < 1.29 is 14.3 Å². The molecule has 4 rings (SSSR count). The number of pyridine rings is 1. The zero-order chi connectivity index (χ0) is 24.1. The maximum atomic E-state index is 12.4. The minimum Gasteiger partial charge on any atom is -0.457 e. The van der Waals surface area contributed by atoms with E-state index in [0.717, 1.165) is 5.75 Å². The number of benzene rings is 2. The third kappa shape index (κ3) is 5.13. The van der Waals surface area contributed by atoms with Gasteiger partial charge in [0.15, 0.2) is 5.65 Å². The van der Waals surface area contributed by atoms with Crippen molar-refractivity contribution in [3.63, 3.8) is 0 Å². The second-order valence-electron chi connectivity index (χ2n) is 7.88. The van der Waals surface area contributed by atoms with Crippen LogP contribution in [0.25, 0.3) is 16.9 Å². The van der Waals surface area contributed by atoms with Crippen LogP contribution < -0.4 is 15.8 Å². The van der Waals surface area contributed by atoms with Crippen LogP contribution in [0.1, 0.15) is 10.5 Å². The molecule has 172 valence electrons. The lowest BCUT2D eigenvalue weighted by Crippen LogP contribution is -2.15. The van der Waals surface area contributed by atoms with Gasteiger partial charge in [0.25, 0.3) is 5.91 Å². The molecule has 2 heterocycles. The first-order chi connectivity index (χ1) is 16.4. The van der Waals surface area contributed by atoms with Crippen molar-refractivity contribution in [2.45, 2.75) is 0 Å². The Kier molecular flexibility index (Phi) is 6.70. The Hall–Kier alpha value is -4.43. The number of primary amides is 1. The molecule has 0 aliphatic carbocycles. The number of aromatic nitrogens is 2. The van der Waals surface area contributed by atoms with E-state index in [9.17, 15) is 9.59 Å². The van der Waals surface area contributed by atoms with Gasteiger partial charge in [-0.05, 0) is 62.6 Å². The van der Waals surface area contributed by atoms with Gasteiger partial charge in [-0.25, -0.2) is 4.98 Å². The Balaban J connectivity index is 1.66. The minimum absolute atomic E-state index is 0.228. The Labute approximate surface area is 197 Å². The highest BCUT2D eigenvalue weighted by atomic mass is 16.5. The van der Waals surface area contributed by atoms with Crippen LogP contribution in [-0.2, 0) is 4.79 Å². The van der Waals surface area contributed by atoms with Crippen LogP contribution in [0, 0.1) is 0 Å². The molecule has 8 heteroatoms. The first-order valence-corrected chi connectivity index (χ1v) is 10.7. The van der Waals surface area contributed by atoms with Crippen molar-refractivity contribution in [1.82, 2.24) is 14.3 Å². The SMILES string of the molecule is CN(C)C/C=C/C(=O)Nc1cccn2c(C(N)=O)c(-c3ccc(Oc4ccccc4)cc3)nc12. The molecule has 0 aliphatic rings. The van der Waals surface area contributed by atoms with Crippen LogP contribution in [0.15, 0.2) is 85.1 Å². The topological polar surface area (TPSA) is 102 Å². The number of nitrogens with zero attached hydrogens (tertiary/aromatic N) is 3. The number of nitrogens with two attached hydrogens (primary N) is 1. The molecule has 3 N–H and O–H groups in total. The molecule has 0 bridgehead atoms. The van der Waals surface area contributed by atoms with Gasteiger partial charge in [-0.1, -0.05) is 24.3 Å². The number of ether oxygens (including phenoxy) is 1. The molecule has 8 nitrogen and oxygen atoms in total. The first-order valence-electron chi connectivity index (χ1n) is 10.7. The second kappa shape index (κ2) is 10.0. The number of carbonyl (C=O) groups is 2. The highest BCUT2D eigenvalue weighted by Crippen LogP contribution is 2.30. The molecular weight excluding hydrogens is 430 g/mol. The number of anilines is 1. The summed E-state index contributed by atoms with van der Waals surface area (Å²) >= 11 is 0. The number of imidazole rings is 1. The fourth-order valence-electron chi connectivity index (χ4n) is 3.45. The summed E-state index contributed by atoms with van der Waals surface area (Å²) in [5.74, 6) is 0.460. The molecule has 0 unspecified atom stereocenters. The summed E-state index contributed by atoms with van der Waals surface area (Å²) in [5, 5.41) is 2.83. The van der Waals surface area contributed by atoms with Gasteiger partial charge in [0, 0.05) is 24.4 Å². The van der Waals surface area contributed by atoms with E-state index in [1.807, 2.05) is 61.5 Å². The largest absolute Gasteiger partial charge is 0.457 e. The highest BCUT2D eigenvalue weighted by Gasteiger charge is 2.20. The normalized spacial score (nSPS) is 11.3. The van der Waals surface area contributed by atoms with Gasteiger partial charge < -0.3 is 20.7 Å². The second-order valence-corrected chi connectivity index (χ2v) is 7.88. The Morgan fingerprint density at radius 2 is 1.74 bits per heavy atom. The summed E-state index contributed by atoms with van der Waals surface area (Å²) in [6, 6.07) is 20.1. The summed E-state index contributed by atoms with van der Waals surface area (Å²) in [7, 11) is 3.83. The maximum absolute atomic E-state index is 12.4. The number of carbonyl (C=O) groups excluding carboxylic acids is 2. The average molecular weight is 456 g/mol. The van der Waals surface area contributed by atoms with Gasteiger partial charge in [-0.15, -0.1) is 0 Å². The summed E-state index contributed by atoms with van der Waals surface area (Å²) in [4.78, 5) is 31.3. The Bertz CT molecular complexity index is 1340. The van der Waals surface area contributed by atoms with Gasteiger partial charge in [0.2, 0.25) is 5.91 Å². The summed E-state index contributed by atoms with van der Waals surface area (Å²) in [6.45, 7) is 0.640. The van der Waals surface area contributed by atoms with E-state index in [1.165, 1.54) is 6.08 Å². The van der Waals surface area contributed by atoms with E-state index in [2.05, 4.69) is 10.3 Å². The predicted octanol–water partition coefficient (Wildman–Crippen LogP) is 3.95. The van der Waals surface area contributed by atoms with Crippen LogP contribution >= 0.6 is 0 Å². The number of hydrogen-bond donors (Lipinski definition) is 2. The first kappa shape index (κ1) is 22.8. The van der Waals surface area contributed by atoms with E-state index in [-0.39, 0.29) is 11.6 Å². The fourth-order valence-corrected chi connectivity index (χ4v) is 3.45. The molecule has 2 amide bonds. The van der Waals surface area contributed by atoms with Crippen molar-refractivity contribution in [1.29, 1.82) is 0 Å². The third-order valence-corrected chi connectivity index (χ3v) is 4.99. The molecule has 0 fully saturated rings. The predicted molar refractivity (Wildman–Crippen MR) is 132 cm³/mol. The zero-order valence-corrected chi connectivity index (χ0v) is 18.9. The monoisotopic (exact) mass is 455 g/mol. The number of nitrogens with one attached hydrogen (secondary N) is 1. The summed E-state index contributed by atoms with van der Waals surface area (Å²) < 4.78 is 7.43. The molecule has 0 atom stereocenters. The molecule has 4 aromatic rings. The molecule has 34 heavy (non-hydrogen) atoms. The van der Waals surface area contributed by atoms with Gasteiger partial charge in [-0.3, -0.25) is 14.0 Å².